The third kappa shape index (κ3) is 2.58. The number of hydrogen-bond donors (Lipinski definition) is 1. The Morgan fingerprint density at radius 1 is 1.50 bits per heavy atom. The average molecular weight is 234 g/mol. The summed E-state index contributed by atoms with van der Waals surface area (Å²) in [6.45, 7) is 0.334. The topological polar surface area (TPSA) is 61.3 Å². The Morgan fingerprint density at radius 2 is 2.38 bits per heavy atom. The molecule has 0 bridgehead atoms. The lowest BCUT2D eigenvalue weighted by molar-refractivity contribution is 0.260. The summed E-state index contributed by atoms with van der Waals surface area (Å²) in [6.07, 6.45) is 3.20. The number of pyridine rings is 1. The molecule has 2 N–H and O–H groups in total. The quantitative estimate of drug-likeness (QED) is 0.818. The van der Waals surface area contributed by atoms with E-state index in [1.165, 1.54) is 0 Å². The van der Waals surface area contributed by atoms with Crippen molar-refractivity contribution in [1.82, 2.24) is 4.98 Å². The Kier molecular flexibility index (Phi) is 3.16. The number of furan rings is 1. The van der Waals surface area contributed by atoms with Gasteiger partial charge in [-0.25, -0.2) is 4.98 Å². The second kappa shape index (κ2) is 4.76. The molecule has 4 nitrogen and oxygen atoms in total. The summed E-state index contributed by atoms with van der Waals surface area (Å²) in [7, 11) is 0. The molecule has 0 amide bonds. The summed E-state index contributed by atoms with van der Waals surface area (Å²) in [6, 6.07) is 7.07. The van der Waals surface area contributed by atoms with Crippen LogP contribution in [0.15, 0.2) is 41.1 Å². The molecule has 0 aliphatic rings. The lowest BCUT2D eigenvalue weighted by Gasteiger charge is -2.04. The van der Waals surface area contributed by atoms with E-state index in [0.29, 0.717) is 17.5 Å². The van der Waals surface area contributed by atoms with E-state index in [1.807, 2.05) is 6.07 Å². The van der Waals surface area contributed by atoms with Crippen LogP contribution in [0.1, 0.15) is 11.3 Å². The summed E-state index contributed by atoms with van der Waals surface area (Å²) in [5, 5.41) is 0. The molecule has 0 aliphatic heterocycles. The highest BCUT2D eigenvalue weighted by Gasteiger charge is 2.02. The van der Waals surface area contributed by atoms with E-state index in [1.54, 1.807) is 30.7 Å². The lowest BCUT2D eigenvalue weighted by atomic mass is 10.3. The molecule has 82 valence electrons. The minimum Gasteiger partial charge on any atom is -0.469 e. The van der Waals surface area contributed by atoms with Crippen LogP contribution in [0, 0.1) is 0 Å². The summed E-state index contributed by atoms with van der Waals surface area (Å²) in [4.78, 5) is 4.37. The van der Waals surface area contributed by atoms with Gasteiger partial charge in [-0.05, 0) is 18.2 Å². The molecule has 0 aromatic carbocycles. The van der Waals surface area contributed by atoms with Gasteiger partial charge in [-0.3, -0.25) is 0 Å². The zero-order valence-electron chi connectivity index (χ0n) is 8.42. The fourth-order valence-corrected chi connectivity index (χ4v) is 1.31. The van der Waals surface area contributed by atoms with Crippen LogP contribution >= 0.6 is 12.2 Å². The van der Waals surface area contributed by atoms with Gasteiger partial charge in [-0.15, -0.1) is 0 Å². The predicted octanol–water partition coefficient (Wildman–Crippen LogP) is 1.89. The first-order chi connectivity index (χ1) is 7.75. The molecule has 0 fully saturated rings. The Morgan fingerprint density at radius 3 is 3.06 bits per heavy atom. The highest BCUT2D eigenvalue weighted by molar-refractivity contribution is 7.80. The molecule has 0 aliphatic carbocycles. The van der Waals surface area contributed by atoms with Gasteiger partial charge in [0.2, 0.25) is 5.88 Å². The average Bonchev–Trinajstić information content (AvgIpc) is 2.79. The Labute approximate surface area is 98.0 Å². The Hall–Kier alpha value is -1.88. The lowest BCUT2D eigenvalue weighted by Crippen LogP contribution is -2.09. The first kappa shape index (κ1) is 10.6. The van der Waals surface area contributed by atoms with Crippen molar-refractivity contribution < 1.29 is 9.15 Å². The molecule has 0 saturated carbocycles. The maximum absolute atomic E-state index is 5.50. The number of aromatic nitrogens is 1. The van der Waals surface area contributed by atoms with Gasteiger partial charge in [0.25, 0.3) is 0 Å². The van der Waals surface area contributed by atoms with Gasteiger partial charge in [0, 0.05) is 17.8 Å². The third-order valence-corrected chi connectivity index (χ3v) is 2.20. The van der Waals surface area contributed by atoms with Crippen LogP contribution in [0.5, 0.6) is 5.88 Å². The number of nitrogens with two attached hydrogens (primary N) is 1. The molecule has 0 saturated heterocycles. The van der Waals surface area contributed by atoms with Crippen molar-refractivity contribution in [1.29, 1.82) is 0 Å². The molecule has 2 aromatic rings. The summed E-state index contributed by atoms with van der Waals surface area (Å²) in [5.74, 6) is 1.21. The van der Waals surface area contributed by atoms with E-state index in [-0.39, 0.29) is 0 Å². The van der Waals surface area contributed by atoms with Gasteiger partial charge in [0.05, 0.1) is 6.26 Å². The largest absolute Gasteiger partial charge is 0.469 e. The minimum absolute atomic E-state index is 0.324. The van der Waals surface area contributed by atoms with Crippen LogP contribution in [0.25, 0.3) is 0 Å². The molecular weight excluding hydrogens is 224 g/mol. The van der Waals surface area contributed by atoms with E-state index in [4.69, 9.17) is 27.1 Å². The van der Waals surface area contributed by atoms with Gasteiger partial charge in [0.15, 0.2) is 0 Å². The fourth-order valence-electron chi connectivity index (χ4n) is 1.18. The van der Waals surface area contributed by atoms with Gasteiger partial charge in [0.1, 0.15) is 17.4 Å². The van der Waals surface area contributed by atoms with Crippen LogP contribution in [-0.2, 0) is 6.61 Å². The standard InChI is InChI=1S/C11H10N2O2S/c12-11(16)8-3-4-13-10(6-8)15-7-9-2-1-5-14-9/h1-6H,7H2,(H2,12,16). The normalized spacial score (nSPS) is 10.0. The van der Waals surface area contributed by atoms with E-state index >= 15 is 0 Å². The number of nitrogens with zero attached hydrogens (tertiary/aromatic N) is 1. The molecule has 2 rings (SSSR count). The number of hydrogen-bond acceptors (Lipinski definition) is 4. The zero-order valence-corrected chi connectivity index (χ0v) is 9.24. The highest BCUT2D eigenvalue weighted by atomic mass is 32.1. The number of rotatable bonds is 4. The molecule has 0 radical (unpaired) electrons. The van der Waals surface area contributed by atoms with E-state index in [2.05, 4.69) is 4.98 Å². The Bertz CT molecular complexity index is 482. The Balaban J connectivity index is 2.04. The van der Waals surface area contributed by atoms with Crippen molar-refractivity contribution in [2.75, 3.05) is 0 Å². The molecule has 0 spiro atoms. The maximum atomic E-state index is 5.50. The van der Waals surface area contributed by atoms with Crippen molar-refractivity contribution in [3.8, 4) is 5.88 Å². The predicted molar refractivity (Wildman–Crippen MR) is 63.2 cm³/mol. The van der Waals surface area contributed by atoms with Crippen molar-refractivity contribution >= 4 is 17.2 Å². The second-order valence-electron chi connectivity index (χ2n) is 3.12. The smallest absolute Gasteiger partial charge is 0.214 e. The zero-order chi connectivity index (χ0) is 11.4. The van der Waals surface area contributed by atoms with E-state index < -0.39 is 0 Å². The molecule has 2 heterocycles. The monoisotopic (exact) mass is 234 g/mol. The van der Waals surface area contributed by atoms with Crippen molar-refractivity contribution in [2.45, 2.75) is 6.61 Å². The molecular formula is C11H10N2O2S. The van der Waals surface area contributed by atoms with Gasteiger partial charge >= 0.3 is 0 Å². The molecule has 2 aromatic heterocycles. The van der Waals surface area contributed by atoms with Gasteiger partial charge in [-0.1, -0.05) is 12.2 Å². The minimum atomic E-state index is 0.324. The number of thiocarbonyl (C=S) groups is 1. The van der Waals surface area contributed by atoms with E-state index in [9.17, 15) is 0 Å². The van der Waals surface area contributed by atoms with Crippen molar-refractivity contribution in [2.24, 2.45) is 5.73 Å². The molecule has 0 unspecified atom stereocenters. The van der Waals surface area contributed by atoms with Gasteiger partial charge < -0.3 is 14.9 Å². The summed E-state index contributed by atoms with van der Waals surface area (Å²) < 4.78 is 10.6. The number of ether oxygens (including phenoxy) is 1. The van der Waals surface area contributed by atoms with Crippen molar-refractivity contribution in [3.63, 3.8) is 0 Å². The van der Waals surface area contributed by atoms with Crippen LogP contribution in [-0.4, -0.2) is 9.97 Å². The fraction of sp³-hybridized carbons (Fsp3) is 0.0909. The molecule has 0 atom stereocenters. The van der Waals surface area contributed by atoms with Gasteiger partial charge in [-0.2, -0.15) is 0 Å². The highest BCUT2D eigenvalue weighted by Crippen LogP contribution is 2.11. The maximum Gasteiger partial charge on any atom is 0.214 e. The molecule has 16 heavy (non-hydrogen) atoms. The van der Waals surface area contributed by atoms with Crippen molar-refractivity contribution in [3.05, 3.63) is 48.0 Å². The van der Waals surface area contributed by atoms with Crippen LogP contribution in [0.3, 0.4) is 0 Å². The first-order valence-electron chi connectivity index (χ1n) is 4.67. The summed E-state index contributed by atoms with van der Waals surface area (Å²) >= 11 is 4.86. The molecule has 5 heteroatoms. The first-order valence-corrected chi connectivity index (χ1v) is 5.07. The SMILES string of the molecule is NC(=S)c1ccnc(OCc2ccco2)c1. The third-order valence-electron chi connectivity index (χ3n) is 1.96. The summed E-state index contributed by atoms with van der Waals surface area (Å²) in [5.41, 5.74) is 6.24. The second-order valence-corrected chi connectivity index (χ2v) is 3.55. The van der Waals surface area contributed by atoms with Crippen LogP contribution < -0.4 is 10.5 Å². The van der Waals surface area contributed by atoms with Crippen LogP contribution in [0.4, 0.5) is 0 Å². The van der Waals surface area contributed by atoms with E-state index in [0.717, 1.165) is 11.3 Å². The van der Waals surface area contributed by atoms with Crippen LogP contribution in [0.2, 0.25) is 0 Å².